The quantitative estimate of drug-likeness (QED) is 0.785. The largest absolute Gasteiger partial charge is 0.307 e. The van der Waals surface area contributed by atoms with Gasteiger partial charge in [-0.25, -0.2) is 8.91 Å². The number of nitrogens with one attached hydrogen (secondary N) is 1. The number of hydrogen-bond donors (Lipinski definition) is 1. The van der Waals surface area contributed by atoms with Crippen LogP contribution in [-0.2, 0) is 0 Å². The van der Waals surface area contributed by atoms with Crippen molar-refractivity contribution in [2.75, 3.05) is 6.54 Å². The number of rotatable bonds is 2. The molecule has 1 N–H and O–H groups in total. The first-order valence-electron chi connectivity index (χ1n) is 7.44. The molecule has 1 atom stereocenters. The normalized spacial score (nSPS) is 17.9. The van der Waals surface area contributed by atoms with Gasteiger partial charge in [-0.3, -0.25) is 9.36 Å². The fourth-order valence-corrected chi connectivity index (χ4v) is 3.27. The minimum Gasteiger partial charge on any atom is -0.307 e. The molecule has 3 heterocycles. The van der Waals surface area contributed by atoms with E-state index in [1.54, 1.807) is 24.4 Å². The van der Waals surface area contributed by atoms with E-state index < -0.39 is 5.82 Å². The van der Waals surface area contributed by atoms with Crippen molar-refractivity contribution in [1.29, 1.82) is 0 Å². The average molecular weight is 333 g/mol. The van der Waals surface area contributed by atoms with Crippen molar-refractivity contribution in [3.05, 3.63) is 63.5 Å². The monoisotopic (exact) mass is 332 g/mol. The zero-order valence-electron chi connectivity index (χ0n) is 12.2. The summed E-state index contributed by atoms with van der Waals surface area (Å²) in [6.45, 7) is 0.869. The molecule has 0 amide bonds. The number of hydrogen-bond acceptors (Lipinski definition) is 3. The minimum absolute atomic E-state index is 0.0449. The van der Waals surface area contributed by atoms with Gasteiger partial charge in [-0.15, -0.1) is 0 Å². The Balaban J connectivity index is 2.06. The highest BCUT2D eigenvalue weighted by atomic mass is 35.5. The molecular formula is C16H14ClFN4O. The van der Waals surface area contributed by atoms with Crippen molar-refractivity contribution < 1.29 is 4.39 Å². The van der Waals surface area contributed by atoms with Crippen LogP contribution in [0.2, 0.25) is 5.02 Å². The lowest BCUT2D eigenvalue weighted by atomic mass is 10.2. The molecule has 3 aromatic rings. The topological polar surface area (TPSA) is 51.3 Å². The van der Waals surface area contributed by atoms with Gasteiger partial charge in [0, 0.05) is 6.20 Å². The molecule has 0 spiro atoms. The number of aromatic nitrogens is 3. The van der Waals surface area contributed by atoms with Gasteiger partial charge < -0.3 is 5.32 Å². The van der Waals surface area contributed by atoms with Crippen molar-refractivity contribution in [1.82, 2.24) is 19.5 Å². The number of benzene rings is 1. The summed E-state index contributed by atoms with van der Waals surface area (Å²) < 4.78 is 16.6. The molecule has 7 heteroatoms. The average Bonchev–Trinajstić information content (AvgIpc) is 3.17. The van der Waals surface area contributed by atoms with Crippen LogP contribution in [0, 0.1) is 5.82 Å². The smallest absolute Gasteiger partial charge is 0.284 e. The summed E-state index contributed by atoms with van der Waals surface area (Å²) in [5.41, 5.74) is 0.438. The SMILES string of the molecule is O=c1c2c(Cl)ccn2nc(C2CCCN2)n1-c1cccc(F)c1. The van der Waals surface area contributed by atoms with E-state index in [1.807, 2.05) is 0 Å². The summed E-state index contributed by atoms with van der Waals surface area (Å²) >= 11 is 6.12. The van der Waals surface area contributed by atoms with Crippen LogP contribution in [0.5, 0.6) is 0 Å². The first-order valence-corrected chi connectivity index (χ1v) is 7.82. The molecule has 0 aliphatic carbocycles. The van der Waals surface area contributed by atoms with E-state index in [0.29, 0.717) is 16.5 Å². The molecule has 4 rings (SSSR count). The molecule has 5 nitrogen and oxygen atoms in total. The van der Waals surface area contributed by atoms with Crippen LogP contribution in [-0.4, -0.2) is 20.7 Å². The van der Waals surface area contributed by atoms with Crippen LogP contribution in [0.25, 0.3) is 11.2 Å². The first-order chi connectivity index (χ1) is 11.1. The fraction of sp³-hybridized carbons (Fsp3) is 0.250. The van der Waals surface area contributed by atoms with E-state index in [9.17, 15) is 9.18 Å². The van der Waals surface area contributed by atoms with Gasteiger partial charge in [-0.1, -0.05) is 17.7 Å². The van der Waals surface area contributed by atoms with Gasteiger partial charge in [-0.2, -0.15) is 5.10 Å². The lowest BCUT2D eigenvalue weighted by molar-refractivity contribution is 0.558. The zero-order chi connectivity index (χ0) is 16.0. The molecule has 0 radical (unpaired) electrons. The molecule has 0 bridgehead atoms. The zero-order valence-corrected chi connectivity index (χ0v) is 12.9. The highest BCUT2D eigenvalue weighted by Gasteiger charge is 2.25. The summed E-state index contributed by atoms with van der Waals surface area (Å²) in [4.78, 5) is 13.0. The standard InChI is InChI=1S/C16H14ClFN4O/c17-12-6-8-21-14(12)16(23)22(11-4-1-3-10(18)9-11)15(20-21)13-5-2-7-19-13/h1,3-4,6,8-9,13,19H,2,5,7H2. The van der Waals surface area contributed by atoms with Gasteiger partial charge in [0.05, 0.1) is 16.8 Å². The molecular weight excluding hydrogens is 319 g/mol. The van der Waals surface area contributed by atoms with Crippen molar-refractivity contribution in [3.8, 4) is 5.69 Å². The highest BCUT2D eigenvalue weighted by Crippen LogP contribution is 2.24. The van der Waals surface area contributed by atoms with E-state index in [4.69, 9.17) is 11.6 Å². The minimum atomic E-state index is -0.402. The predicted octanol–water partition coefficient (Wildman–Crippen LogP) is 2.70. The van der Waals surface area contributed by atoms with Crippen LogP contribution in [0.15, 0.2) is 41.3 Å². The van der Waals surface area contributed by atoms with Crippen LogP contribution in [0.4, 0.5) is 4.39 Å². The first kappa shape index (κ1) is 14.4. The van der Waals surface area contributed by atoms with Gasteiger partial charge in [0.2, 0.25) is 0 Å². The molecule has 2 aromatic heterocycles. The van der Waals surface area contributed by atoms with Crippen molar-refractivity contribution in [2.24, 2.45) is 0 Å². The molecule has 1 aliphatic rings. The Bertz CT molecular complexity index is 943. The third-order valence-electron chi connectivity index (χ3n) is 4.10. The summed E-state index contributed by atoms with van der Waals surface area (Å²) in [7, 11) is 0. The Labute approximate surface area is 136 Å². The highest BCUT2D eigenvalue weighted by molar-refractivity contribution is 6.33. The maximum absolute atomic E-state index is 13.6. The summed E-state index contributed by atoms with van der Waals surface area (Å²) in [6, 6.07) is 7.53. The molecule has 118 valence electrons. The molecule has 1 aromatic carbocycles. The third kappa shape index (κ3) is 2.34. The van der Waals surface area contributed by atoms with Crippen LogP contribution in [0.1, 0.15) is 24.7 Å². The van der Waals surface area contributed by atoms with Gasteiger partial charge in [0.1, 0.15) is 11.3 Å². The lowest BCUT2D eigenvalue weighted by Crippen LogP contribution is -2.30. The van der Waals surface area contributed by atoms with Crippen LogP contribution < -0.4 is 10.9 Å². The van der Waals surface area contributed by atoms with Crippen LogP contribution in [0.3, 0.4) is 0 Å². The molecule has 1 saturated heterocycles. The molecule has 1 fully saturated rings. The number of halogens is 2. The molecule has 1 unspecified atom stereocenters. The lowest BCUT2D eigenvalue weighted by Gasteiger charge is -2.17. The van der Waals surface area contributed by atoms with Crippen molar-refractivity contribution >= 4 is 17.1 Å². The van der Waals surface area contributed by atoms with E-state index >= 15 is 0 Å². The van der Waals surface area contributed by atoms with Crippen molar-refractivity contribution in [2.45, 2.75) is 18.9 Å². The maximum Gasteiger partial charge on any atom is 0.284 e. The second kappa shape index (κ2) is 5.47. The summed E-state index contributed by atoms with van der Waals surface area (Å²) in [5.74, 6) is 0.166. The molecule has 23 heavy (non-hydrogen) atoms. The Hall–Kier alpha value is -2.18. The number of fused-ring (bicyclic) bond motifs is 1. The van der Waals surface area contributed by atoms with Gasteiger partial charge in [0.15, 0.2) is 5.82 Å². The van der Waals surface area contributed by atoms with Crippen molar-refractivity contribution in [3.63, 3.8) is 0 Å². The Morgan fingerprint density at radius 2 is 2.22 bits per heavy atom. The van der Waals surface area contributed by atoms with E-state index in [2.05, 4.69) is 10.4 Å². The number of nitrogens with zero attached hydrogens (tertiary/aromatic N) is 3. The van der Waals surface area contributed by atoms with E-state index in [1.165, 1.54) is 21.2 Å². The second-order valence-electron chi connectivity index (χ2n) is 5.58. The Morgan fingerprint density at radius 3 is 2.96 bits per heavy atom. The Morgan fingerprint density at radius 1 is 1.35 bits per heavy atom. The Kier molecular flexibility index (Phi) is 3.43. The molecule has 0 saturated carbocycles. The van der Waals surface area contributed by atoms with Gasteiger partial charge in [0.25, 0.3) is 5.56 Å². The van der Waals surface area contributed by atoms with E-state index in [-0.39, 0.29) is 17.1 Å². The summed E-state index contributed by atoms with van der Waals surface area (Å²) in [5, 5.41) is 8.22. The van der Waals surface area contributed by atoms with E-state index in [0.717, 1.165) is 19.4 Å². The van der Waals surface area contributed by atoms with Gasteiger partial charge in [-0.05, 0) is 43.7 Å². The summed E-state index contributed by atoms with van der Waals surface area (Å²) in [6.07, 6.45) is 3.55. The third-order valence-corrected chi connectivity index (χ3v) is 4.41. The maximum atomic E-state index is 13.6. The predicted molar refractivity (Wildman–Crippen MR) is 85.7 cm³/mol. The van der Waals surface area contributed by atoms with Crippen LogP contribution >= 0.6 is 11.6 Å². The fourth-order valence-electron chi connectivity index (χ4n) is 3.04. The van der Waals surface area contributed by atoms with Gasteiger partial charge >= 0.3 is 0 Å². The second-order valence-corrected chi connectivity index (χ2v) is 5.99. The molecule has 1 aliphatic heterocycles.